The molecule has 0 radical (unpaired) electrons. The van der Waals surface area contributed by atoms with Crippen molar-refractivity contribution in [2.45, 2.75) is 63.3 Å². The number of halogens is 1. The Morgan fingerprint density at radius 1 is 1.04 bits per heavy atom. The molecule has 2 aliphatic rings. The van der Waals surface area contributed by atoms with Gasteiger partial charge < -0.3 is 14.4 Å². The number of nitrogens with zero attached hydrogens (tertiary/aromatic N) is 2. The van der Waals surface area contributed by atoms with E-state index < -0.39 is 5.60 Å². The maximum atomic E-state index is 13.3. The normalized spacial score (nSPS) is 24.1. The minimum absolute atomic E-state index is 0.0392. The number of carbonyl (C=O) groups is 1. The van der Waals surface area contributed by atoms with Gasteiger partial charge in [0.05, 0.1) is 0 Å². The van der Waals surface area contributed by atoms with E-state index in [0.717, 1.165) is 31.4 Å². The molecule has 6 heteroatoms. The first-order valence-electron chi connectivity index (χ1n) is 9.76. The number of rotatable bonds is 5. The van der Waals surface area contributed by atoms with Crippen LogP contribution < -0.4 is 9.47 Å². The number of hydrogen-bond acceptors (Lipinski definition) is 4. The Bertz CT molecular complexity index is 811. The Morgan fingerprint density at radius 2 is 1.64 bits per heavy atom. The standard InChI is InChI=1S/C22H25ClN2O3/c1-22(2,28-19-7-3-15(23)4-8-19)21(26)25-16-5-6-17(25)14-20(13-16)27-18-9-11-24-12-10-18/h3-4,7-12,16-17,20H,5-6,13-14H2,1-2H3. The SMILES string of the molecule is CC(C)(Oc1ccc(Cl)cc1)C(=O)N1C2CCC1CC(Oc1ccncc1)C2. The molecule has 148 valence electrons. The van der Waals surface area contributed by atoms with Crippen LogP contribution in [0.5, 0.6) is 11.5 Å². The van der Waals surface area contributed by atoms with Crippen LogP contribution in [0.4, 0.5) is 0 Å². The van der Waals surface area contributed by atoms with Gasteiger partial charge in [0.25, 0.3) is 5.91 Å². The fourth-order valence-corrected chi connectivity index (χ4v) is 4.44. The van der Waals surface area contributed by atoms with Crippen molar-refractivity contribution in [2.75, 3.05) is 0 Å². The Kier molecular flexibility index (Phi) is 5.19. The number of aromatic nitrogens is 1. The summed E-state index contributed by atoms with van der Waals surface area (Å²) in [6.45, 7) is 3.67. The van der Waals surface area contributed by atoms with Gasteiger partial charge in [-0.3, -0.25) is 9.78 Å². The molecular weight excluding hydrogens is 376 g/mol. The smallest absolute Gasteiger partial charge is 0.266 e. The topological polar surface area (TPSA) is 51.7 Å². The number of hydrogen-bond donors (Lipinski definition) is 0. The molecule has 2 bridgehead atoms. The van der Waals surface area contributed by atoms with Gasteiger partial charge in [0.15, 0.2) is 5.60 Å². The van der Waals surface area contributed by atoms with Crippen molar-refractivity contribution in [3.8, 4) is 11.5 Å². The highest BCUT2D eigenvalue weighted by molar-refractivity contribution is 6.30. The van der Waals surface area contributed by atoms with Crippen molar-refractivity contribution < 1.29 is 14.3 Å². The van der Waals surface area contributed by atoms with E-state index in [-0.39, 0.29) is 24.1 Å². The van der Waals surface area contributed by atoms with E-state index in [2.05, 4.69) is 4.98 Å². The van der Waals surface area contributed by atoms with E-state index in [0.29, 0.717) is 10.8 Å². The lowest BCUT2D eigenvalue weighted by molar-refractivity contribution is -0.151. The Hall–Kier alpha value is -2.27. The number of piperidine rings is 1. The summed E-state index contributed by atoms with van der Waals surface area (Å²) in [6, 6.07) is 11.3. The quantitative estimate of drug-likeness (QED) is 0.741. The van der Waals surface area contributed by atoms with Gasteiger partial charge >= 0.3 is 0 Å². The average molecular weight is 401 g/mol. The van der Waals surface area contributed by atoms with Gasteiger partial charge in [0.1, 0.15) is 17.6 Å². The molecule has 1 aromatic carbocycles. The molecule has 28 heavy (non-hydrogen) atoms. The van der Waals surface area contributed by atoms with Crippen LogP contribution in [0.25, 0.3) is 0 Å². The van der Waals surface area contributed by atoms with E-state index in [4.69, 9.17) is 21.1 Å². The lowest BCUT2D eigenvalue weighted by Crippen LogP contribution is -2.57. The molecule has 0 aliphatic carbocycles. The van der Waals surface area contributed by atoms with Crippen molar-refractivity contribution >= 4 is 17.5 Å². The lowest BCUT2D eigenvalue weighted by Gasteiger charge is -2.42. The summed E-state index contributed by atoms with van der Waals surface area (Å²) in [6.07, 6.45) is 7.33. The number of pyridine rings is 1. The number of amides is 1. The van der Waals surface area contributed by atoms with E-state index in [1.165, 1.54) is 0 Å². The van der Waals surface area contributed by atoms with Crippen LogP contribution in [-0.4, -0.2) is 39.6 Å². The second-order valence-electron chi connectivity index (χ2n) is 8.06. The van der Waals surface area contributed by atoms with E-state index in [9.17, 15) is 4.79 Å². The van der Waals surface area contributed by atoms with Crippen LogP contribution >= 0.6 is 11.6 Å². The van der Waals surface area contributed by atoms with Gasteiger partial charge in [-0.15, -0.1) is 0 Å². The molecule has 2 unspecified atom stereocenters. The summed E-state index contributed by atoms with van der Waals surface area (Å²) in [5.74, 6) is 1.52. The number of fused-ring (bicyclic) bond motifs is 2. The Balaban J connectivity index is 1.43. The van der Waals surface area contributed by atoms with Crippen LogP contribution in [0.2, 0.25) is 5.02 Å². The molecule has 1 amide bonds. The second-order valence-corrected chi connectivity index (χ2v) is 8.49. The highest BCUT2D eigenvalue weighted by Gasteiger charge is 2.48. The zero-order valence-corrected chi connectivity index (χ0v) is 16.9. The Morgan fingerprint density at radius 3 is 2.25 bits per heavy atom. The maximum absolute atomic E-state index is 13.3. The summed E-state index contributed by atoms with van der Waals surface area (Å²) < 4.78 is 12.2. The molecule has 5 nitrogen and oxygen atoms in total. The molecule has 0 spiro atoms. The summed E-state index contributed by atoms with van der Waals surface area (Å²) in [7, 11) is 0. The zero-order chi connectivity index (χ0) is 19.7. The monoisotopic (exact) mass is 400 g/mol. The first-order valence-corrected chi connectivity index (χ1v) is 10.1. The molecule has 2 aromatic rings. The second kappa shape index (κ2) is 7.63. The van der Waals surface area contributed by atoms with Crippen molar-refractivity contribution in [1.82, 2.24) is 9.88 Å². The van der Waals surface area contributed by atoms with E-state index in [1.807, 2.05) is 30.9 Å². The van der Waals surface area contributed by atoms with Gasteiger partial charge in [-0.25, -0.2) is 0 Å². The van der Waals surface area contributed by atoms with Crippen molar-refractivity contribution in [3.05, 3.63) is 53.8 Å². The number of benzene rings is 1. The van der Waals surface area contributed by atoms with Gasteiger partial charge in [0.2, 0.25) is 0 Å². The van der Waals surface area contributed by atoms with Crippen molar-refractivity contribution in [2.24, 2.45) is 0 Å². The molecule has 1 aromatic heterocycles. The predicted octanol–water partition coefficient (Wildman–Crippen LogP) is 4.49. The summed E-state index contributed by atoms with van der Waals surface area (Å²) in [4.78, 5) is 19.4. The number of carbonyl (C=O) groups excluding carboxylic acids is 1. The van der Waals surface area contributed by atoms with E-state index in [1.54, 1.807) is 36.7 Å². The van der Waals surface area contributed by atoms with E-state index >= 15 is 0 Å². The van der Waals surface area contributed by atoms with Gasteiger partial charge in [-0.2, -0.15) is 0 Å². The first kappa shape index (κ1) is 19.1. The van der Waals surface area contributed by atoms with Crippen LogP contribution in [0.15, 0.2) is 48.8 Å². The van der Waals surface area contributed by atoms with Crippen LogP contribution in [0, 0.1) is 0 Å². The van der Waals surface area contributed by atoms with Gasteiger partial charge in [0, 0.05) is 42.3 Å². The third kappa shape index (κ3) is 3.95. The third-order valence-corrected chi connectivity index (χ3v) is 5.83. The average Bonchev–Trinajstić information content (AvgIpc) is 2.94. The molecule has 4 rings (SSSR count). The fourth-order valence-electron chi connectivity index (χ4n) is 4.32. The molecule has 2 atom stereocenters. The minimum atomic E-state index is -0.937. The van der Waals surface area contributed by atoms with Crippen LogP contribution in [-0.2, 0) is 4.79 Å². The molecular formula is C22H25ClN2O3. The molecule has 2 aliphatic heterocycles. The van der Waals surface area contributed by atoms with Gasteiger partial charge in [-0.05, 0) is 63.1 Å². The van der Waals surface area contributed by atoms with Gasteiger partial charge in [-0.1, -0.05) is 11.6 Å². The van der Waals surface area contributed by atoms with Crippen molar-refractivity contribution in [1.29, 1.82) is 0 Å². The Labute approximate surface area is 170 Å². The first-order chi connectivity index (χ1) is 13.4. The number of ether oxygens (including phenoxy) is 2. The van der Waals surface area contributed by atoms with Crippen molar-refractivity contribution in [3.63, 3.8) is 0 Å². The lowest BCUT2D eigenvalue weighted by atomic mass is 9.96. The highest BCUT2D eigenvalue weighted by Crippen LogP contribution is 2.39. The third-order valence-electron chi connectivity index (χ3n) is 5.58. The summed E-state index contributed by atoms with van der Waals surface area (Å²) in [5.41, 5.74) is -0.937. The molecule has 2 saturated heterocycles. The predicted molar refractivity (Wildman–Crippen MR) is 108 cm³/mol. The minimum Gasteiger partial charge on any atom is -0.490 e. The highest BCUT2D eigenvalue weighted by atomic mass is 35.5. The van der Waals surface area contributed by atoms with Crippen LogP contribution in [0.3, 0.4) is 0 Å². The summed E-state index contributed by atoms with van der Waals surface area (Å²) >= 11 is 5.94. The molecule has 3 heterocycles. The molecule has 2 fully saturated rings. The maximum Gasteiger partial charge on any atom is 0.266 e. The summed E-state index contributed by atoms with van der Waals surface area (Å²) in [5, 5.41) is 0.644. The molecule has 0 N–H and O–H groups in total. The zero-order valence-electron chi connectivity index (χ0n) is 16.2. The van der Waals surface area contributed by atoms with Crippen LogP contribution in [0.1, 0.15) is 39.5 Å². The largest absolute Gasteiger partial charge is 0.490 e. The fraction of sp³-hybridized carbons (Fsp3) is 0.455. The molecule has 0 saturated carbocycles.